The first-order chi connectivity index (χ1) is 14.8. The Bertz CT molecular complexity index is 900. The van der Waals surface area contributed by atoms with Crippen molar-refractivity contribution >= 4 is 27.6 Å². The topological polar surface area (TPSA) is 140 Å². The zero-order valence-corrected chi connectivity index (χ0v) is 18.2. The molecule has 0 aromatic carbocycles. The van der Waals surface area contributed by atoms with Gasteiger partial charge in [0.1, 0.15) is 0 Å². The molecule has 169 valence electrons. The third-order valence-electron chi connectivity index (χ3n) is 5.93. The van der Waals surface area contributed by atoms with Crippen LogP contribution in [-0.2, 0) is 24.4 Å². The van der Waals surface area contributed by atoms with Gasteiger partial charge in [-0.25, -0.2) is 13.4 Å². The number of carbonyl (C=O) groups is 3. The van der Waals surface area contributed by atoms with Crippen molar-refractivity contribution in [3.63, 3.8) is 0 Å². The number of rotatable bonds is 7. The van der Waals surface area contributed by atoms with E-state index in [1.54, 1.807) is 12.5 Å². The fourth-order valence-electron chi connectivity index (χ4n) is 4.29. The van der Waals surface area contributed by atoms with Gasteiger partial charge in [-0.3, -0.25) is 14.4 Å². The van der Waals surface area contributed by atoms with Crippen LogP contribution < -0.4 is 11.1 Å². The Morgan fingerprint density at radius 2 is 1.90 bits per heavy atom. The minimum atomic E-state index is -4.21. The highest BCUT2D eigenvalue weighted by molar-refractivity contribution is 7.89. The summed E-state index contributed by atoms with van der Waals surface area (Å²) in [4.78, 5) is 41.4. The first-order valence-electron chi connectivity index (χ1n) is 10.7. The number of aromatic nitrogens is 1. The van der Waals surface area contributed by atoms with Crippen LogP contribution in [0.4, 0.5) is 0 Å². The molecule has 0 spiro atoms. The van der Waals surface area contributed by atoms with Gasteiger partial charge in [0, 0.05) is 19.2 Å². The molecule has 1 aromatic rings. The van der Waals surface area contributed by atoms with Crippen LogP contribution in [0, 0.1) is 12.3 Å². The fraction of sp³-hybridized carbons (Fsp3) is 0.571. The molecule has 1 aliphatic heterocycles. The van der Waals surface area contributed by atoms with Gasteiger partial charge in [0.05, 0.1) is 6.04 Å². The molecule has 2 atom stereocenters. The average molecular weight is 450 g/mol. The highest BCUT2D eigenvalue weighted by Crippen LogP contribution is 2.27. The molecule has 31 heavy (non-hydrogen) atoms. The molecule has 2 aliphatic rings. The van der Waals surface area contributed by atoms with E-state index in [0.717, 1.165) is 17.1 Å². The second kappa shape index (κ2) is 10.3. The molecule has 2 amide bonds. The Hall–Kier alpha value is -2.33. The van der Waals surface area contributed by atoms with Gasteiger partial charge in [0.25, 0.3) is 10.0 Å². The molecule has 10 heteroatoms. The van der Waals surface area contributed by atoms with E-state index in [4.69, 9.17) is 5.73 Å². The van der Waals surface area contributed by atoms with E-state index < -0.39 is 33.8 Å². The number of nitrogens with zero attached hydrogens (tertiary/aromatic N) is 2. The van der Waals surface area contributed by atoms with Crippen molar-refractivity contribution in [3.8, 4) is 0 Å². The molecule has 3 N–H and O–H groups in total. The number of pyridine rings is 1. The molecule has 1 aromatic heterocycles. The lowest BCUT2D eigenvalue weighted by Crippen LogP contribution is -2.56. The zero-order chi connectivity index (χ0) is 22.4. The number of sulfonamides is 1. The SMILES string of the molecule is NC(=O)[C@@H]1C(=O)[C@@H](NC(=O)[CH]CC2CCCCC2)CCCN1S(=O)(=O)c1ccccn1. The second-order valence-corrected chi connectivity index (χ2v) is 9.98. The summed E-state index contributed by atoms with van der Waals surface area (Å²) in [6.45, 7) is -0.0730. The largest absolute Gasteiger partial charge is 0.368 e. The molecular formula is C21H29N4O5S. The van der Waals surface area contributed by atoms with Gasteiger partial charge in [-0.1, -0.05) is 38.2 Å². The third-order valence-corrected chi connectivity index (χ3v) is 7.71. The van der Waals surface area contributed by atoms with Crippen molar-refractivity contribution < 1.29 is 22.8 Å². The maximum Gasteiger partial charge on any atom is 0.261 e. The predicted molar refractivity (Wildman–Crippen MR) is 113 cm³/mol. The molecule has 2 heterocycles. The summed E-state index contributed by atoms with van der Waals surface area (Å²) in [6, 6.07) is 1.69. The monoisotopic (exact) mass is 449 g/mol. The number of primary amides is 1. The highest BCUT2D eigenvalue weighted by atomic mass is 32.2. The first-order valence-corrected chi connectivity index (χ1v) is 12.1. The minimum absolute atomic E-state index is 0.0730. The molecule has 0 bridgehead atoms. The smallest absolute Gasteiger partial charge is 0.261 e. The second-order valence-electron chi connectivity index (χ2n) is 8.14. The Morgan fingerprint density at radius 1 is 1.16 bits per heavy atom. The van der Waals surface area contributed by atoms with Crippen LogP contribution >= 0.6 is 0 Å². The van der Waals surface area contributed by atoms with Gasteiger partial charge in [-0.15, -0.1) is 0 Å². The van der Waals surface area contributed by atoms with Gasteiger partial charge in [-0.2, -0.15) is 4.31 Å². The van der Waals surface area contributed by atoms with Crippen LogP contribution in [0.2, 0.25) is 0 Å². The summed E-state index contributed by atoms with van der Waals surface area (Å²) in [6.07, 6.45) is 9.77. The Morgan fingerprint density at radius 3 is 2.55 bits per heavy atom. The lowest BCUT2D eigenvalue weighted by molar-refractivity contribution is -0.134. The van der Waals surface area contributed by atoms with Gasteiger partial charge in [0.15, 0.2) is 16.9 Å². The number of amides is 2. The van der Waals surface area contributed by atoms with E-state index in [-0.39, 0.29) is 30.3 Å². The fourth-order valence-corrected chi connectivity index (χ4v) is 5.83. The van der Waals surface area contributed by atoms with Crippen LogP contribution in [0.1, 0.15) is 51.4 Å². The van der Waals surface area contributed by atoms with Crippen molar-refractivity contribution in [1.29, 1.82) is 0 Å². The normalized spacial score (nSPS) is 23.8. The van der Waals surface area contributed by atoms with E-state index in [1.807, 2.05) is 0 Å². The molecule has 3 rings (SSSR count). The number of ketones is 1. The molecule has 1 saturated heterocycles. The number of nitrogens with two attached hydrogens (primary N) is 1. The lowest BCUT2D eigenvalue weighted by atomic mass is 9.86. The maximum absolute atomic E-state index is 13.1. The Balaban J connectivity index is 1.71. The third kappa shape index (κ3) is 5.68. The summed E-state index contributed by atoms with van der Waals surface area (Å²) in [7, 11) is -4.21. The molecule has 2 fully saturated rings. The van der Waals surface area contributed by atoms with E-state index >= 15 is 0 Å². The maximum atomic E-state index is 13.1. The van der Waals surface area contributed by atoms with Crippen molar-refractivity contribution in [3.05, 3.63) is 30.8 Å². The van der Waals surface area contributed by atoms with Crippen molar-refractivity contribution in [1.82, 2.24) is 14.6 Å². The van der Waals surface area contributed by atoms with Gasteiger partial charge in [0.2, 0.25) is 11.8 Å². The van der Waals surface area contributed by atoms with Crippen LogP contribution in [0.5, 0.6) is 0 Å². The van der Waals surface area contributed by atoms with E-state index in [2.05, 4.69) is 10.3 Å². The summed E-state index contributed by atoms with van der Waals surface area (Å²) < 4.78 is 26.8. The Kier molecular flexibility index (Phi) is 7.77. The van der Waals surface area contributed by atoms with E-state index in [9.17, 15) is 22.8 Å². The van der Waals surface area contributed by atoms with Crippen LogP contribution in [-0.4, -0.2) is 53.9 Å². The molecule has 1 aliphatic carbocycles. The zero-order valence-electron chi connectivity index (χ0n) is 17.4. The van der Waals surface area contributed by atoms with Gasteiger partial charge in [-0.05, 0) is 37.3 Å². The number of Topliss-reactive ketones (excluding diaryl/α,β-unsaturated/α-hetero) is 1. The lowest BCUT2D eigenvalue weighted by Gasteiger charge is -2.26. The number of hydrogen-bond acceptors (Lipinski definition) is 6. The van der Waals surface area contributed by atoms with Gasteiger partial charge >= 0.3 is 0 Å². The highest BCUT2D eigenvalue weighted by Gasteiger charge is 2.44. The van der Waals surface area contributed by atoms with Crippen LogP contribution in [0.3, 0.4) is 0 Å². The average Bonchev–Trinajstić information content (AvgIpc) is 2.93. The molecule has 1 saturated carbocycles. The predicted octanol–water partition coefficient (Wildman–Crippen LogP) is 0.949. The molecular weight excluding hydrogens is 420 g/mol. The summed E-state index contributed by atoms with van der Waals surface area (Å²) >= 11 is 0. The molecule has 9 nitrogen and oxygen atoms in total. The first kappa shape index (κ1) is 23.3. The number of nitrogens with one attached hydrogen (secondary N) is 1. The van der Waals surface area contributed by atoms with E-state index in [1.165, 1.54) is 37.6 Å². The number of carbonyl (C=O) groups excluding carboxylic acids is 3. The van der Waals surface area contributed by atoms with Gasteiger partial charge < -0.3 is 11.1 Å². The van der Waals surface area contributed by atoms with Crippen LogP contribution in [0.15, 0.2) is 29.4 Å². The van der Waals surface area contributed by atoms with Crippen molar-refractivity contribution in [2.75, 3.05) is 6.54 Å². The van der Waals surface area contributed by atoms with Crippen molar-refractivity contribution in [2.24, 2.45) is 11.7 Å². The molecule has 1 radical (unpaired) electrons. The van der Waals surface area contributed by atoms with Crippen molar-refractivity contribution in [2.45, 2.75) is 68.5 Å². The number of hydrogen-bond donors (Lipinski definition) is 2. The quantitative estimate of drug-likeness (QED) is 0.594. The summed E-state index contributed by atoms with van der Waals surface area (Å²) in [5, 5.41) is 2.39. The Labute approximate surface area is 182 Å². The summed E-state index contributed by atoms with van der Waals surface area (Å²) in [5.74, 6) is -1.70. The summed E-state index contributed by atoms with van der Waals surface area (Å²) in [5.41, 5.74) is 5.43. The molecule has 0 unspecified atom stereocenters. The minimum Gasteiger partial charge on any atom is -0.368 e. The standard InChI is InChI=1S/C21H29N4O5S/c22-21(28)19-20(27)16(24-17(26)12-11-15-7-2-1-3-8-15)9-6-14-25(19)31(29,30)18-10-4-5-13-23-18/h4-5,10,12-13,15-16,19H,1-3,6-9,11,14H2,(H2,22,28)(H,24,26)/t16-,19-/m0/s1. The van der Waals surface area contributed by atoms with E-state index in [0.29, 0.717) is 12.3 Å². The van der Waals surface area contributed by atoms with Crippen LogP contribution in [0.25, 0.3) is 0 Å².